The first kappa shape index (κ1) is 9.84. The van der Waals surface area contributed by atoms with E-state index < -0.39 is 0 Å². The van der Waals surface area contributed by atoms with Crippen LogP contribution in [0.5, 0.6) is 0 Å². The van der Waals surface area contributed by atoms with Gasteiger partial charge in [-0.15, -0.1) is 0 Å². The second kappa shape index (κ2) is 3.59. The van der Waals surface area contributed by atoms with E-state index in [-0.39, 0.29) is 0 Å². The van der Waals surface area contributed by atoms with Crippen molar-refractivity contribution in [2.45, 2.75) is 6.92 Å². The SMILES string of the molecule is Cc1ccc2oc(-c3cncc(N)n3)cc2c1. The van der Waals surface area contributed by atoms with Crippen molar-refractivity contribution < 1.29 is 4.42 Å². The maximum Gasteiger partial charge on any atom is 0.155 e. The monoisotopic (exact) mass is 225 g/mol. The minimum absolute atomic E-state index is 0.388. The van der Waals surface area contributed by atoms with Gasteiger partial charge >= 0.3 is 0 Å². The molecule has 84 valence electrons. The molecule has 3 aromatic rings. The molecule has 0 bridgehead atoms. The number of fused-ring (bicyclic) bond motifs is 1. The highest BCUT2D eigenvalue weighted by Crippen LogP contribution is 2.27. The van der Waals surface area contributed by atoms with Crippen molar-refractivity contribution in [3.05, 3.63) is 42.2 Å². The summed E-state index contributed by atoms with van der Waals surface area (Å²) in [6, 6.07) is 7.99. The zero-order valence-electron chi connectivity index (χ0n) is 9.34. The van der Waals surface area contributed by atoms with Gasteiger partial charge in [-0.05, 0) is 25.1 Å². The number of hydrogen-bond acceptors (Lipinski definition) is 4. The Morgan fingerprint density at radius 1 is 1.18 bits per heavy atom. The third-order valence-corrected chi connectivity index (χ3v) is 2.58. The molecule has 2 aromatic heterocycles. The summed E-state index contributed by atoms with van der Waals surface area (Å²) in [4.78, 5) is 8.18. The van der Waals surface area contributed by atoms with E-state index >= 15 is 0 Å². The smallest absolute Gasteiger partial charge is 0.155 e. The largest absolute Gasteiger partial charge is 0.454 e. The van der Waals surface area contributed by atoms with Gasteiger partial charge in [-0.3, -0.25) is 4.98 Å². The van der Waals surface area contributed by atoms with Gasteiger partial charge in [0.05, 0.1) is 12.4 Å². The molecule has 4 nitrogen and oxygen atoms in total. The molecule has 0 unspecified atom stereocenters. The minimum Gasteiger partial charge on any atom is -0.454 e. The summed E-state index contributed by atoms with van der Waals surface area (Å²) in [7, 11) is 0. The number of anilines is 1. The number of nitrogens with two attached hydrogens (primary N) is 1. The van der Waals surface area contributed by atoms with Gasteiger partial charge in [0, 0.05) is 5.39 Å². The first-order chi connectivity index (χ1) is 8.22. The molecule has 2 N–H and O–H groups in total. The first-order valence-corrected chi connectivity index (χ1v) is 5.30. The summed E-state index contributed by atoms with van der Waals surface area (Å²) in [5, 5.41) is 1.06. The maximum absolute atomic E-state index is 5.71. The molecular weight excluding hydrogens is 214 g/mol. The van der Waals surface area contributed by atoms with E-state index in [0.29, 0.717) is 17.3 Å². The molecule has 0 aliphatic carbocycles. The normalized spacial score (nSPS) is 10.9. The molecule has 1 aromatic carbocycles. The van der Waals surface area contributed by atoms with Gasteiger partial charge in [0.15, 0.2) is 5.76 Å². The summed E-state index contributed by atoms with van der Waals surface area (Å²) in [5.41, 5.74) is 8.29. The lowest BCUT2D eigenvalue weighted by Gasteiger charge is -1.95. The zero-order chi connectivity index (χ0) is 11.8. The Labute approximate surface area is 98.1 Å². The molecule has 0 saturated carbocycles. The van der Waals surface area contributed by atoms with Crippen LogP contribution < -0.4 is 5.73 Å². The molecule has 0 atom stereocenters. The summed E-state index contributed by atoms with van der Waals surface area (Å²) in [5.74, 6) is 1.07. The number of nitrogens with zero attached hydrogens (tertiary/aromatic N) is 2. The summed E-state index contributed by atoms with van der Waals surface area (Å²) < 4.78 is 5.71. The fraction of sp³-hybridized carbons (Fsp3) is 0.0769. The van der Waals surface area contributed by atoms with Crippen molar-refractivity contribution in [2.24, 2.45) is 0 Å². The Morgan fingerprint density at radius 3 is 2.88 bits per heavy atom. The number of aromatic nitrogens is 2. The van der Waals surface area contributed by atoms with Gasteiger partial charge in [-0.1, -0.05) is 11.6 Å². The van der Waals surface area contributed by atoms with Crippen molar-refractivity contribution >= 4 is 16.8 Å². The van der Waals surface area contributed by atoms with Crippen LogP contribution in [0.3, 0.4) is 0 Å². The molecule has 0 fully saturated rings. The van der Waals surface area contributed by atoms with Crippen LogP contribution in [0.2, 0.25) is 0 Å². The van der Waals surface area contributed by atoms with Crippen molar-refractivity contribution in [3.8, 4) is 11.5 Å². The number of aryl methyl sites for hydroxylation is 1. The molecule has 0 aliphatic rings. The van der Waals surface area contributed by atoms with E-state index in [0.717, 1.165) is 11.0 Å². The summed E-state index contributed by atoms with van der Waals surface area (Å²) >= 11 is 0. The molecule has 0 radical (unpaired) electrons. The van der Waals surface area contributed by atoms with Crippen LogP contribution in [0, 0.1) is 6.92 Å². The van der Waals surface area contributed by atoms with Gasteiger partial charge in [-0.2, -0.15) is 0 Å². The average molecular weight is 225 g/mol. The highest BCUT2D eigenvalue weighted by atomic mass is 16.3. The molecule has 0 amide bonds. The first-order valence-electron chi connectivity index (χ1n) is 5.30. The lowest BCUT2D eigenvalue weighted by atomic mass is 10.2. The quantitative estimate of drug-likeness (QED) is 0.691. The zero-order valence-corrected chi connectivity index (χ0v) is 9.34. The summed E-state index contributed by atoms with van der Waals surface area (Å²) in [6.07, 6.45) is 3.15. The van der Waals surface area contributed by atoms with E-state index in [4.69, 9.17) is 10.2 Å². The van der Waals surface area contributed by atoms with E-state index in [9.17, 15) is 0 Å². The van der Waals surface area contributed by atoms with E-state index in [1.807, 2.05) is 25.1 Å². The van der Waals surface area contributed by atoms with Crippen LogP contribution in [0.4, 0.5) is 5.82 Å². The fourth-order valence-electron chi connectivity index (χ4n) is 1.79. The van der Waals surface area contributed by atoms with Gasteiger partial charge in [0.1, 0.15) is 17.1 Å². The van der Waals surface area contributed by atoms with E-state index in [1.165, 1.54) is 11.8 Å². The third-order valence-electron chi connectivity index (χ3n) is 2.58. The lowest BCUT2D eigenvalue weighted by Crippen LogP contribution is -1.92. The Bertz CT molecular complexity index is 688. The molecule has 3 rings (SSSR count). The standard InChI is InChI=1S/C13H11N3O/c1-8-2-3-11-9(4-8)5-12(17-11)10-6-15-7-13(14)16-10/h2-7H,1H3,(H2,14,16). The Kier molecular flexibility index (Phi) is 2.08. The van der Waals surface area contributed by atoms with Crippen LogP contribution in [0.25, 0.3) is 22.4 Å². The van der Waals surface area contributed by atoms with Crippen LogP contribution >= 0.6 is 0 Å². The summed E-state index contributed by atoms with van der Waals surface area (Å²) in [6.45, 7) is 2.05. The Balaban J connectivity index is 2.18. The van der Waals surface area contributed by atoms with Crippen LogP contribution in [0.1, 0.15) is 5.56 Å². The number of furan rings is 1. The molecule has 0 aliphatic heterocycles. The van der Waals surface area contributed by atoms with Gasteiger partial charge in [-0.25, -0.2) is 4.98 Å². The fourth-order valence-corrected chi connectivity index (χ4v) is 1.79. The average Bonchev–Trinajstić information content (AvgIpc) is 2.72. The highest BCUT2D eigenvalue weighted by Gasteiger charge is 2.08. The van der Waals surface area contributed by atoms with Crippen molar-refractivity contribution in [1.29, 1.82) is 0 Å². The van der Waals surface area contributed by atoms with Crippen molar-refractivity contribution in [2.75, 3.05) is 5.73 Å². The predicted molar refractivity (Wildman–Crippen MR) is 66.4 cm³/mol. The second-order valence-corrected chi connectivity index (χ2v) is 3.98. The molecule has 2 heterocycles. The third kappa shape index (κ3) is 1.73. The molecule has 4 heteroatoms. The van der Waals surface area contributed by atoms with Crippen LogP contribution in [0.15, 0.2) is 41.1 Å². The van der Waals surface area contributed by atoms with Crippen molar-refractivity contribution in [3.63, 3.8) is 0 Å². The molecular formula is C13H11N3O. The van der Waals surface area contributed by atoms with Gasteiger partial charge < -0.3 is 10.2 Å². The van der Waals surface area contributed by atoms with E-state index in [2.05, 4.69) is 16.0 Å². The van der Waals surface area contributed by atoms with Crippen LogP contribution in [-0.4, -0.2) is 9.97 Å². The topological polar surface area (TPSA) is 64.9 Å². The Morgan fingerprint density at radius 2 is 2.06 bits per heavy atom. The molecule has 17 heavy (non-hydrogen) atoms. The maximum atomic E-state index is 5.71. The highest BCUT2D eigenvalue weighted by molar-refractivity contribution is 5.82. The number of rotatable bonds is 1. The van der Waals surface area contributed by atoms with Gasteiger partial charge in [0.25, 0.3) is 0 Å². The minimum atomic E-state index is 0.388. The van der Waals surface area contributed by atoms with Crippen LogP contribution in [-0.2, 0) is 0 Å². The number of hydrogen-bond donors (Lipinski definition) is 1. The van der Waals surface area contributed by atoms with Gasteiger partial charge in [0.2, 0.25) is 0 Å². The lowest BCUT2D eigenvalue weighted by molar-refractivity contribution is 0.628. The predicted octanol–water partition coefficient (Wildman–Crippen LogP) is 2.78. The van der Waals surface area contributed by atoms with E-state index in [1.54, 1.807) is 6.20 Å². The molecule has 0 spiro atoms. The molecule has 0 saturated heterocycles. The second-order valence-electron chi connectivity index (χ2n) is 3.98. The number of nitrogen functional groups attached to an aromatic ring is 1. The Hall–Kier alpha value is -2.36. The number of benzene rings is 1. The van der Waals surface area contributed by atoms with Crippen molar-refractivity contribution in [1.82, 2.24) is 9.97 Å².